The molecular formula is C27H33N5O5S. The van der Waals surface area contributed by atoms with Crippen molar-refractivity contribution in [1.82, 2.24) is 20.0 Å². The zero-order valence-electron chi connectivity index (χ0n) is 22.0. The maximum absolute atomic E-state index is 13.4. The van der Waals surface area contributed by atoms with Gasteiger partial charge in [0.05, 0.1) is 12.0 Å². The van der Waals surface area contributed by atoms with E-state index < -0.39 is 15.6 Å². The summed E-state index contributed by atoms with van der Waals surface area (Å²) in [6.07, 6.45) is 7.34. The van der Waals surface area contributed by atoms with Gasteiger partial charge in [0.15, 0.2) is 15.7 Å². The van der Waals surface area contributed by atoms with Gasteiger partial charge in [-0.3, -0.25) is 9.78 Å². The van der Waals surface area contributed by atoms with Crippen LogP contribution in [0.1, 0.15) is 48.5 Å². The number of sulfone groups is 1. The second-order valence-corrected chi connectivity index (χ2v) is 12.0. The predicted octanol–water partition coefficient (Wildman–Crippen LogP) is 3.27. The van der Waals surface area contributed by atoms with Gasteiger partial charge in [-0.05, 0) is 74.9 Å². The number of ether oxygens (including phenoxy) is 1. The number of aromatic nitrogens is 3. The van der Waals surface area contributed by atoms with Crippen molar-refractivity contribution in [2.45, 2.75) is 68.7 Å². The van der Waals surface area contributed by atoms with Crippen molar-refractivity contribution in [3.63, 3.8) is 0 Å². The van der Waals surface area contributed by atoms with Crippen LogP contribution < -0.4 is 9.64 Å². The number of carbonyl (C=O) groups excluding carboxylic acids is 1. The number of anilines is 1. The second kappa shape index (κ2) is 10.7. The summed E-state index contributed by atoms with van der Waals surface area (Å²) in [5.41, 5.74) is 2.34. The first-order valence-corrected chi connectivity index (χ1v) is 14.6. The molecule has 0 bridgehead atoms. The number of aryl methyl sites for hydroxylation is 2. The van der Waals surface area contributed by atoms with Crippen LogP contribution in [0.3, 0.4) is 0 Å². The van der Waals surface area contributed by atoms with Crippen molar-refractivity contribution in [2.75, 3.05) is 25.1 Å². The smallest absolute Gasteiger partial charge is 0.236 e. The summed E-state index contributed by atoms with van der Waals surface area (Å²) >= 11 is 0. The molecule has 0 atom stereocenters. The van der Waals surface area contributed by atoms with Crippen molar-refractivity contribution >= 4 is 21.4 Å². The summed E-state index contributed by atoms with van der Waals surface area (Å²) in [5.74, 6) is 0.338. The lowest BCUT2D eigenvalue weighted by molar-refractivity contribution is -0.134. The minimum atomic E-state index is -3.72. The third-order valence-electron chi connectivity index (χ3n) is 7.23. The first-order chi connectivity index (χ1) is 18.2. The summed E-state index contributed by atoms with van der Waals surface area (Å²) < 4.78 is 36.9. The minimum absolute atomic E-state index is 0.0330. The molecule has 2 aromatic heterocycles. The van der Waals surface area contributed by atoms with E-state index in [0.717, 1.165) is 44.5 Å². The SMILES string of the molecule is COc1cc(C)c(S(=O)(=O)Cc2noc(CC(=O)N(C3CC3)C3CCN(c4ccncc4)CC3)n2)c(C)c1. The zero-order valence-corrected chi connectivity index (χ0v) is 22.8. The Bertz CT molecular complexity index is 1370. The first-order valence-electron chi connectivity index (χ1n) is 12.9. The Kier molecular flexibility index (Phi) is 7.38. The van der Waals surface area contributed by atoms with Crippen molar-refractivity contribution in [3.05, 3.63) is 59.5 Å². The number of piperidine rings is 1. The van der Waals surface area contributed by atoms with E-state index in [2.05, 4.69) is 20.0 Å². The van der Waals surface area contributed by atoms with E-state index in [0.29, 0.717) is 16.9 Å². The molecule has 1 aliphatic heterocycles. The predicted molar refractivity (Wildman–Crippen MR) is 141 cm³/mol. The molecule has 1 amide bonds. The molecule has 1 aliphatic carbocycles. The Hall–Kier alpha value is -3.47. The van der Waals surface area contributed by atoms with E-state index in [9.17, 15) is 13.2 Å². The lowest BCUT2D eigenvalue weighted by Crippen LogP contribution is -2.49. The molecule has 1 saturated heterocycles. The maximum atomic E-state index is 13.4. The molecule has 2 fully saturated rings. The molecule has 3 heterocycles. The highest BCUT2D eigenvalue weighted by molar-refractivity contribution is 7.90. The molecule has 2 aliphatic rings. The molecular weight excluding hydrogens is 506 g/mol. The highest BCUT2D eigenvalue weighted by atomic mass is 32.2. The Labute approximate surface area is 222 Å². The number of methoxy groups -OCH3 is 1. The van der Waals surface area contributed by atoms with Crippen LogP contribution >= 0.6 is 0 Å². The molecule has 10 nitrogen and oxygen atoms in total. The lowest BCUT2D eigenvalue weighted by atomic mass is 10.0. The van der Waals surface area contributed by atoms with Gasteiger partial charge in [-0.15, -0.1) is 0 Å². The van der Waals surface area contributed by atoms with Gasteiger partial charge in [0.1, 0.15) is 17.9 Å². The summed E-state index contributed by atoms with van der Waals surface area (Å²) in [6, 6.07) is 7.81. The Morgan fingerprint density at radius 1 is 1.08 bits per heavy atom. The number of rotatable bonds is 9. The molecule has 0 N–H and O–H groups in total. The first kappa shape index (κ1) is 26.1. The third-order valence-corrected chi connectivity index (χ3v) is 9.13. The van der Waals surface area contributed by atoms with Crippen LogP contribution in [-0.4, -0.2) is 66.6 Å². The average molecular weight is 540 g/mol. The van der Waals surface area contributed by atoms with E-state index in [-0.39, 0.29) is 41.0 Å². The molecule has 1 saturated carbocycles. The number of hydrogen-bond donors (Lipinski definition) is 0. The maximum Gasteiger partial charge on any atom is 0.236 e. The number of amides is 1. The van der Waals surface area contributed by atoms with E-state index >= 15 is 0 Å². The highest BCUT2D eigenvalue weighted by Crippen LogP contribution is 2.33. The lowest BCUT2D eigenvalue weighted by Gasteiger charge is -2.39. The fourth-order valence-corrected chi connectivity index (χ4v) is 7.12. The highest BCUT2D eigenvalue weighted by Gasteiger charge is 2.39. The number of nitrogens with zero attached hydrogens (tertiary/aromatic N) is 5. The molecule has 0 unspecified atom stereocenters. The van der Waals surface area contributed by atoms with Gasteiger partial charge >= 0.3 is 0 Å². The Balaban J connectivity index is 1.23. The molecule has 11 heteroatoms. The van der Waals surface area contributed by atoms with Crippen LogP contribution in [0.2, 0.25) is 0 Å². The molecule has 0 radical (unpaired) electrons. The van der Waals surface area contributed by atoms with Crippen LogP contribution in [-0.2, 0) is 26.8 Å². The normalized spacial score (nSPS) is 16.4. The van der Waals surface area contributed by atoms with Crippen molar-refractivity contribution in [1.29, 1.82) is 0 Å². The standard InChI is InChI=1S/C27H33N5O5S/c1-18-14-23(36-3)15-19(2)27(18)38(34,35)17-24-29-25(37-30-24)16-26(33)32(21-4-5-21)22-8-12-31(13-9-22)20-6-10-28-11-7-20/h6-7,10-11,14-15,21-22H,4-5,8-9,12-13,16-17H2,1-3H3. The third kappa shape index (κ3) is 5.67. The topological polar surface area (TPSA) is 119 Å². The summed E-state index contributed by atoms with van der Waals surface area (Å²) in [5, 5.41) is 3.88. The van der Waals surface area contributed by atoms with Crippen LogP contribution in [0.15, 0.2) is 46.1 Å². The number of pyridine rings is 1. The molecule has 202 valence electrons. The fourth-order valence-electron chi connectivity index (χ4n) is 5.42. The summed E-state index contributed by atoms with van der Waals surface area (Å²) in [7, 11) is -2.18. The molecule has 38 heavy (non-hydrogen) atoms. The van der Waals surface area contributed by atoms with Gasteiger partial charge in [0, 0.05) is 43.3 Å². The molecule has 0 spiro atoms. The number of hydrogen-bond acceptors (Lipinski definition) is 9. The van der Waals surface area contributed by atoms with Crippen LogP contribution in [0.4, 0.5) is 5.69 Å². The van der Waals surface area contributed by atoms with E-state index in [4.69, 9.17) is 9.26 Å². The van der Waals surface area contributed by atoms with Gasteiger partial charge < -0.3 is 19.1 Å². The van der Waals surface area contributed by atoms with Crippen molar-refractivity contribution in [3.8, 4) is 5.75 Å². The van der Waals surface area contributed by atoms with E-state index in [1.807, 2.05) is 17.0 Å². The van der Waals surface area contributed by atoms with Gasteiger partial charge in [-0.1, -0.05) is 5.16 Å². The summed E-state index contributed by atoms with van der Waals surface area (Å²) in [6.45, 7) is 5.21. The van der Waals surface area contributed by atoms with Gasteiger partial charge in [0.2, 0.25) is 11.8 Å². The molecule has 3 aromatic rings. The fraction of sp³-hybridized carbons (Fsp3) is 0.481. The minimum Gasteiger partial charge on any atom is -0.497 e. The Morgan fingerprint density at radius 2 is 1.71 bits per heavy atom. The van der Waals surface area contributed by atoms with Crippen LogP contribution in [0, 0.1) is 13.8 Å². The zero-order chi connectivity index (χ0) is 26.9. The second-order valence-electron chi connectivity index (χ2n) is 10.1. The largest absolute Gasteiger partial charge is 0.497 e. The van der Waals surface area contributed by atoms with Gasteiger partial charge in [0.25, 0.3) is 0 Å². The van der Waals surface area contributed by atoms with Crippen molar-refractivity contribution in [2.24, 2.45) is 0 Å². The average Bonchev–Trinajstić information content (AvgIpc) is 3.63. The Morgan fingerprint density at radius 3 is 2.32 bits per heavy atom. The molecule has 1 aromatic carbocycles. The number of benzene rings is 1. The monoisotopic (exact) mass is 539 g/mol. The van der Waals surface area contributed by atoms with Crippen LogP contribution in [0.25, 0.3) is 0 Å². The van der Waals surface area contributed by atoms with Gasteiger partial charge in [-0.2, -0.15) is 4.98 Å². The van der Waals surface area contributed by atoms with Crippen molar-refractivity contribution < 1.29 is 22.5 Å². The van der Waals surface area contributed by atoms with Crippen LogP contribution in [0.5, 0.6) is 5.75 Å². The molecule has 5 rings (SSSR count). The van der Waals surface area contributed by atoms with E-state index in [1.165, 1.54) is 0 Å². The quantitative estimate of drug-likeness (QED) is 0.404. The van der Waals surface area contributed by atoms with E-state index in [1.54, 1.807) is 45.5 Å². The summed E-state index contributed by atoms with van der Waals surface area (Å²) in [4.78, 5) is 26.3. The van der Waals surface area contributed by atoms with Gasteiger partial charge in [-0.25, -0.2) is 8.42 Å². The number of carbonyl (C=O) groups is 1.